The fourth-order valence-electron chi connectivity index (χ4n) is 1.79. The van der Waals surface area contributed by atoms with E-state index in [9.17, 15) is 4.79 Å². The van der Waals surface area contributed by atoms with E-state index in [4.69, 9.17) is 5.73 Å². The van der Waals surface area contributed by atoms with Gasteiger partial charge in [0.15, 0.2) is 0 Å². The first-order valence-corrected chi connectivity index (χ1v) is 5.46. The van der Waals surface area contributed by atoms with Gasteiger partial charge in [0.2, 0.25) is 5.91 Å². The van der Waals surface area contributed by atoms with E-state index >= 15 is 0 Å². The largest absolute Gasteiger partial charge is 0.342 e. The third-order valence-corrected chi connectivity index (χ3v) is 3.20. The quantitative estimate of drug-likeness (QED) is 0.738. The smallest absolute Gasteiger partial charge is 0.222 e. The number of nitrogens with two attached hydrogens (primary N) is 1. The van der Waals surface area contributed by atoms with Crippen LogP contribution in [-0.2, 0) is 4.79 Å². The Bertz CT molecular complexity index is 213. The molecule has 82 valence electrons. The Kier molecular flexibility index (Phi) is 3.53. The molecule has 3 nitrogen and oxygen atoms in total. The van der Waals surface area contributed by atoms with Crippen molar-refractivity contribution in [3.05, 3.63) is 0 Å². The molecule has 14 heavy (non-hydrogen) atoms. The van der Waals surface area contributed by atoms with Gasteiger partial charge in [0.05, 0.1) is 0 Å². The molecule has 0 aromatic carbocycles. The summed E-state index contributed by atoms with van der Waals surface area (Å²) in [7, 11) is 0. The second kappa shape index (κ2) is 4.30. The second-order valence-electron chi connectivity index (χ2n) is 5.10. The zero-order chi connectivity index (χ0) is 10.8. The molecule has 0 radical (unpaired) electrons. The van der Waals surface area contributed by atoms with E-state index in [0.29, 0.717) is 18.9 Å². The number of nitrogens with zero attached hydrogens (tertiary/aromatic N) is 1. The maximum atomic E-state index is 11.6. The maximum absolute atomic E-state index is 11.6. The van der Waals surface area contributed by atoms with Gasteiger partial charge < -0.3 is 10.6 Å². The van der Waals surface area contributed by atoms with Crippen LogP contribution in [0.4, 0.5) is 0 Å². The average molecular weight is 198 g/mol. The van der Waals surface area contributed by atoms with E-state index in [1.165, 1.54) is 0 Å². The van der Waals surface area contributed by atoms with Crippen LogP contribution in [0.3, 0.4) is 0 Å². The van der Waals surface area contributed by atoms with Gasteiger partial charge in [-0.25, -0.2) is 0 Å². The lowest BCUT2D eigenvalue weighted by atomic mass is 9.90. The van der Waals surface area contributed by atoms with Crippen molar-refractivity contribution in [1.29, 1.82) is 0 Å². The monoisotopic (exact) mass is 198 g/mol. The van der Waals surface area contributed by atoms with Gasteiger partial charge in [-0.2, -0.15) is 0 Å². The summed E-state index contributed by atoms with van der Waals surface area (Å²) in [6.07, 6.45) is 1.75. The Morgan fingerprint density at radius 2 is 2.21 bits per heavy atom. The first-order valence-electron chi connectivity index (χ1n) is 5.46. The molecule has 1 aliphatic heterocycles. The van der Waals surface area contributed by atoms with Gasteiger partial charge in [-0.15, -0.1) is 0 Å². The van der Waals surface area contributed by atoms with Crippen molar-refractivity contribution in [2.75, 3.05) is 19.6 Å². The molecule has 1 heterocycles. The molecule has 3 heteroatoms. The van der Waals surface area contributed by atoms with E-state index in [-0.39, 0.29) is 11.3 Å². The molecule has 1 aliphatic rings. The molecule has 0 aromatic heterocycles. The van der Waals surface area contributed by atoms with E-state index in [2.05, 4.69) is 20.8 Å². The molecule has 0 saturated carbocycles. The second-order valence-corrected chi connectivity index (χ2v) is 5.10. The molecule has 0 spiro atoms. The predicted molar refractivity (Wildman–Crippen MR) is 57.8 cm³/mol. The van der Waals surface area contributed by atoms with Crippen molar-refractivity contribution >= 4 is 5.91 Å². The van der Waals surface area contributed by atoms with Gasteiger partial charge in [-0.1, -0.05) is 20.8 Å². The van der Waals surface area contributed by atoms with Crippen LogP contribution in [0.1, 0.15) is 33.6 Å². The topological polar surface area (TPSA) is 46.3 Å². The lowest BCUT2D eigenvalue weighted by Crippen LogP contribution is -2.35. The summed E-state index contributed by atoms with van der Waals surface area (Å²) in [5.41, 5.74) is 5.81. The average Bonchev–Trinajstić information content (AvgIpc) is 2.47. The number of hydrogen-bond donors (Lipinski definition) is 1. The van der Waals surface area contributed by atoms with Crippen LogP contribution >= 0.6 is 0 Å². The van der Waals surface area contributed by atoms with E-state index < -0.39 is 0 Å². The highest BCUT2D eigenvalue weighted by Gasteiger charge is 2.31. The Hall–Kier alpha value is -0.570. The van der Waals surface area contributed by atoms with Gasteiger partial charge in [-0.3, -0.25) is 4.79 Å². The van der Waals surface area contributed by atoms with E-state index in [1.807, 2.05) is 4.90 Å². The normalized spacial score (nSPS) is 23.3. The van der Waals surface area contributed by atoms with Crippen molar-refractivity contribution in [2.24, 2.45) is 17.1 Å². The number of rotatable bonds is 4. The van der Waals surface area contributed by atoms with Gasteiger partial charge in [-0.05, 0) is 24.3 Å². The third-order valence-electron chi connectivity index (χ3n) is 3.20. The summed E-state index contributed by atoms with van der Waals surface area (Å²) in [6, 6.07) is 0. The molecule has 0 aliphatic carbocycles. The number of likely N-dealkylation sites (tertiary alicyclic amines) is 1. The van der Waals surface area contributed by atoms with Gasteiger partial charge in [0, 0.05) is 19.5 Å². The number of hydrogen-bond acceptors (Lipinski definition) is 2. The minimum Gasteiger partial charge on any atom is -0.342 e. The van der Waals surface area contributed by atoms with Crippen LogP contribution in [-0.4, -0.2) is 30.4 Å². The molecule has 1 rings (SSSR count). The van der Waals surface area contributed by atoms with Crippen molar-refractivity contribution < 1.29 is 4.79 Å². The highest BCUT2D eigenvalue weighted by atomic mass is 16.2. The highest BCUT2D eigenvalue weighted by Crippen LogP contribution is 2.25. The highest BCUT2D eigenvalue weighted by molar-refractivity contribution is 5.78. The zero-order valence-corrected chi connectivity index (χ0v) is 9.55. The number of carbonyl (C=O) groups is 1. The predicted octanol–water partition coefficient (Wildman–Crippen LogP) is 1.23. The zero-order valence-electron chi connectivity index (χ0n) is 9.55. The third kappa shape index (κ3) is 2.71. The first kappa shape index (κ1) is 11.5. The Morgan fingerprint density at radius 3 is 2.64 bits per heavy atom. The number of carbonyl (C=O) groups excluding carboxylic acids is 1. The summed E-state index contributed by atoms with van der Waals surface area (Å²) >= 11 is 0. The standard InChI is InChI=1S/C11H22N2O/c1-4-11(2,3)8-13-7-9(6-12)5-10(13)14/h9H,4-8,12H2,1-3H3. The molecule has 2 N–H and O–H groups in total. The Balaban J connectivity index is 2.50. The van der Waals surface area contributed by atoms with Crippen LogP contribution in [0.2, 0.25) is 0 Å². The lowest BCUT2D eigenvalue weighted by molar-refractivity contribution is -0.128. The van der Waals surface area contributed by atoms with E-state index in [0.717, 1.165) is 19.5 Å². The molecule has 0 bridgehead atoms. The molecule has 1 saturated heterocycles. The van der Waals surface area contributed by atoms with Gasteiger partial charge >= 0.3 is 0 Å². The molecular formula is C11H22N2O. The van der Waals surface area contributed by atoms with E-state index in [1.54, 1.807) is 0 Å². The lowest BCUT2D eigenvalue weighted by Gasteiger charge is -2.29. The SMILES string of the molecule is CCC(C)(C)CN1CC(CN)CC1=O. The minimum absolute atomic E-state index is 0.235. The van der Waals surface area contributed by atoms with Crippen LogP contribution in [0.25, 0.3) is 0 Å². The first-order chi connectivity index (χ1) is 6.48. The van der Waals surface area contributed by atoms with Crippen molar-refractivity contribution in [3.8, 4) is 0 Å². The summed E-state index contributed by atoms with van der Waals surface area (Å²) in [5, 5.41) is 0. The summed E-state index contributed by atoms with van der Waals surface area (Å²) in [6.45, 7) is 8.94. The molecule has 1 amide bonds. The van der Waals surface area contributed by atoms with Crippen LogP contribution in [0.5, 0.6) is 0 Å². The minimum atomic E-state index is 0.235. The van der Waals surface area contributed by atoms with Crippen LogP contribution in [0.15, 0.2) is 0 Å². The molecule has 1 unspecified atom stereocenters. The summed E-state index contributed by atoms with van der Waals surface area (Å²) in [4.78, 5) is 13.6. The van der Waals surface area contributed by atoms with Crippen molar-refractivity contribution in [3.63, 3.8) is 0 Å². The Labute approximate surface area is 86.6 Å². The molecule has 1 fully saturated rings. The van der Waals surface area contributed by atoms with Crippen LogP contribution in [0, 0.1) is 11.3 Å². The maximum Gasteiger partial charge on any atom is 0.222 e. The van der Waals surface area contributed by atoms with Gasteiger partial charge in [0.25, 0.3) is 0 Å². The molecule has 1 atom stereocenters. The van der Waals surface area contributed by atoms with Crippen molar-refractivity contribution in [2.45, 2.75) is 33.6 Å². The Morgan fingerprint density at radius 1 is 1.57 bits per heavy atom. The van der Waals surface area contributed by atoms with Crippen molar-refractivity contribution in [1.82, 2.24) is 4.90 Å². The number of amides is 1. The summed E-state index contributed by atoms with van der Waals surface area (Å²) < 4.78 is 0. The fraction of sp³-hybridized carbons (Fsp3) is 0.909. The summed E-state index contributed by atoms with van der Waals surface area (Å²) in [5.74, 6) is 0.664. The molecule has 0 aromatic rings. The van der Waals surface area contributed by atoms with Crippen LogP contribution < -0.4 is 5.73 Å². The van der Waals surface area contributed by atoms with Gasteiger partial charge in [0.1, 0.15) is 0 Å². The molecular weight excluding hydrogens is 176 g/mol. The fourth-order valence-corrected chi connectivity index (χ4v) is 1.79.